The fourth-order valence-corrected chi connectivity index (χ4v) is 1.57. The Morgan fingerprint density at radius 2 is 2.10 bits per heavy atom. The average molecular weight is 140 g/mol. The van der Waals surface area contributed by atoms with Crippen LogP contribution < -0.4 is 0 Å². The number of aliphatic hydroxyl groups excluding tert-OH is 1. The van der Waals surface area contributed by atoms with Gasteiger partial charge in [0.2, 0.25) is 0 Å². The Bertz CT molecular complexity index is 147. The summed E-state index contributed by atoms with van der Waals surface area (Å²) < 4.78 is 0. The first-order valence-corrected chi connectivity index (χ1v) is 3.89. The highest BCUT2D eigenvalue weighted by atomic mass is 16.3. The van der Waals surface area contributed by atoms with E-state index in [9.17, 15) is 5.11 Å². The molecule has 0 saturated heterocycles. The standard InChI is InChI=1S/C9H16O/c1-7-6-9(2,3)5-4-8(7)10/h4-5,7-8,10H,6H2,1-3H3. The largest absolute Gasteiger partial charge is 0.389 e. The van der Waals surface area contributed by atoms with Gasteiger partial charge in [-0.15, -0.1) is 0 Å². The fraction of sp³-hybridized carbons (Fsp3) is 0.778. The molecule has 58 valence electrons. The topological polar surface area (TPSA) is 20.2 Å². The van der Waals surface area contributed by atoms with Crippen LogP contribution in [0.1, 0.15) is 27.2 Å². The van der Waals surface area contributed by atoms with E-state index in [0.717, 1.165) is 6.42 Å². The summed E-state index contributed by atoms with van der Waals surface area (Å²) in [6, 6.07) is 0. The van der Waals surface area contributed by atoms with Crippen LogP contribution in [0, 0.1) is 11.3 Å². The van der Waals surface area contributed by atoms with E-state index >= 15 is 0 Å². The smallest absolute Gasteiger partial charge is 0.0746 e. The van der Waals surface area contributed by atoms with E-state index in [4.69, 9.17) is 0 Å². The maximum absolute atomic E-state index is 9.32. The van der Waals surface area contributed by atoms with Gasteiger partial charge in [-0.3, -0.25) is 0 Å². The predicted molar refractivity (Wildman–Crippen MR) is 42.7 cm³/mol. The Hall–Kier alpha value is -0.300. The monoisotopic (exact) mass is 140 g/mol. The minimum atomic E-state index is -0.215. The molecule has 1 rings (SSSR count). The van der Waals surface area contributed by atoms with Gasteiger partial charge in [0, 0.05) is 0 Å². The van der Waals surface area contributed by atoms with Crippen LogP contribution >= 0.6 is 0 Å². The lowest BCUT2D eigenvalue weighted by molar-refractivity contribution is 0.123. The summed E-state index contributed by atoms with van der Waals surface area (Å²) in [5, 5.41) is 9.32. The maximum Gasteiger partial charge on any atom is 0.0746 e. The van der Waals surface area contributed by atoms with E-state index in [1.807, 2.05) is 6.08 Å². The molecule has 0 fully saturated rings. The minimum Gasteiger partial charge on any atom is -0.389 e. The van der Waals surface area contributed by atoms with Crippen molar-refractivity contribution in [1.82, 2.24) is 0 Å². The van der Waals surface area contributed by atoms with Gasteiger partial charge in [-0.2, -0.15) is 0 Å². The van der Waals surface area contributed by atoms with Crippen molar-refractivity contribution < 1.29 is 5.11 Å². The second-order valence-electron chi connectivity index (χ2n) is 4.02. The van der Waals surface area contributed by atoms with Gasteiger partial charge in [0.15, 0.2) is 0 Å². The van der Waals surface area contributed by atoms with Crippen molar-refractivity contribution in [3.8, 4) is 0 Å². The molecule has 0 radical (unpaired) electrons. The van der Waals surface area contributed by atoms with E-state index in [1.54, 1.807) is 0 Å². The Labute approximate surface area is 62.8 Å². The molecule has 0 aromatic rings. The van der Waals surface area contributed by atoms with Crippen LogP contribution in [-0.4, -0.2) is 11.2 Å². The van der Waals surface area contributed by atoms with Gasteiger partial charge in [0.05, 0.1) is 6.10 Å². The average Bonchev–Trinajstić information content (AvgIpc) is 1.79. The van der Waals surface area contributed by atoms with Crippen LogP contribution in [0.25, 0.3) is 0 Å². The number of rotatable bonds is 0. The minimum absolute atomic E-state index is 0.215. The normalized spacial score (nSPS) is 38.0. The summed E-state index contributed by atoms with van der Waals surface area (Å²) in [5.74, 6) is 0.417. The molecule has 1 N–H and O–H groups in total. The van der Waals surface area contributed by atoms with Crippen LogP contribution in [0.2, 0.25) is 0 Å². The van der Waals surface area contributed by atoms with Crippen LogP contribution in [0.5, 0.6) is 0 Å². The van der Waals surface area contributed by atoms with Gasteiger partial charge in [0.1, 0.15) is 0 Å². The Morgan fingerprint density at radius 3 is 2.50 bits per heavy atom. The molecule has 0 heterocycles. The fourth-order valence-electron chi connectivity index (χ4n) is 1.57. The van der Waals surface area contributed by atoms with Gasteiger partial charge in [-0.05, 0) is 17.8 Å². The zero-order valence-electron chi connectivity index (χ0n) is 6.96. The van der Waals surface area contributed by atoms with E-state index in [2.05, 4.69) is 26.8 Å². The number of allylic oxidation sites excluding steroid dienone is 1. The third kappa shape index (κ3) is 1.60. The molecule has 2 unspecified atom stereocenters. The summed E-state index contributed by atoms with van der Waals surface area (Å²) in [4.78, 5) is 0. The van der Waals surface area contributed by atoms with Crippen molar-refractivity contribution in [2.75, 3.05) is 0 Å². The second kappa shape index (κ2) is 2.39. The van der Waals surface area contributed by atoms with E-state index in [-0.39, 0.29) is 6.10 Å². The molecule has 0 aliphatic heterocycles. The third-order valence-electron chi connectivity index (χ3n) is 2.18. The zero-order chi connectivity index (χ0) is 7.78. The summed E-state index contributed by atoms with van der Waals surface area (Å²) in [6.07, 6.45) is 4.89. The van der Waals surface area contributed by atoms with Crippen molar-refractivity contribution in [2.45, 2.75) is 33.3 Å². The summed E-state index contributed by atoms with van der Waals surface area (Å²) in [5.41, 5.74) is 0.290. The van der Waals surface area contributed by atoms with E-state index in [1.165, 1.54) is 0 Å². The predicted octanol–water partition coefficient (Wildman–Crippen LogP) is 1.97. The first-order chi connectivity index (χ1) is 4.51. The maximum atomic E-state index is 9.32. The summed E-state index contributed by atoms with van der Waals surface area (Å²) >= 11 is 0. The first-order valence-electron chi connectivity index (χ1n) is 3.89. The second-order valence-corrected chi connectivity index (χ2v) is 4.02. The molecule has 1 aliphatic carbocycles. The number of aliphatic hydroxyl groups is 1. The van der Waals surface area contributed by atoms with E-state index in [0.29, 0.717) is 11.3 Å². The van der Waals surface area contributed by atoms with Crippen LogP contribution in [-0.2, 0) is 0 Å². The van der Waals surface area contributed by atoms with Gasteiger partial charge in [0.25, 0.3) is 0 Å². The summed E-state index contributed by atoms with van der Waals surface area (Å²) in [7, 11) is 0. The molecular weight excluding hydrogens is 124 g/mol. The Kier molecular flexibility index (Phi) is 1.86. The molecule has 0 aromatic heterocycles. The van der Waals surface area contributed by atoms with Crippen molar-refractivity contribution >= 4 is 0 Å². The van der Waals surface area contributed by atoms with Crippen molar-refractivity contribution in [3.63, 3.8) is 0 Å². The molecule has 10 heavy (non-hydrogen) atoms. The molecule has 0 saturated carbocycles. The van der Waals surface area contributed by atoms with Gasteiger partial charge in [-0.1, -0.05) is 32.9 Å². The molecule has 2 atom stereocenters. The molecule has 0 spiro atoms. The SMILES string of the molecule is CC1CC(C)(C)C=CC1O. The van der Waals surface area contributed by atoms with Gasteiger partial charge >= 0.3 is 0 Å². The van der Waals surface area contributed by atoms with Crippen molar-refractivity contribution in [2.24, 2.45) is 11.3 Å². The zero-order valence-corrected chi connectivity index (χ0v) is 6.96. The van der Waals surface area contributed by atoms with Crippen molar-refractivity contribution in [1.29, 1.82) is 0 Å². The lowest BCUT2D eigenvalue weighted by atomic mass is 9.77. The van der Waals surface area contributed by atoms with Crippen molar-refractivity contribution in [3.05, 3.63) is 12.2 Å². The highest BCUT2D eigenvalue weighted by Gasteiger charge is 2.25. The lowest BCUT2D eigenvalue weighted by Gasteiger charge is -2.31. The highest BCUT2D eigenvalue weighted by Crippen LogP contribution is 2.32. The van der Waals surface area contributed by atoms with Crippen LogP contribution in [0.4, 0.5) is 0 Å². The molecule has 0 aromatic carbocycles. The molecule has 1 nitrogen and oxygen atoms in total. The Balaban J connectivity index is 2.69. The first kappa shape index (κ1) is 7.80. The third-order valence-corrected chi connectivity index (χ3v) is 2.18. The van der Waals surface area contributed by atoms with Crippen LogP contribution in [0.3, 0.4) is 0 Å². The highest BCUT2D eigenvalue weighted by molar-refractivity contribution is 5.05. The number of hydrogen-bond acceptors (Lipinski definition) is 1. The number of hydrogen-bond donors (Lipinski definition) is 1. The molecule has 1 aliphatic rings. The lowest BCUT2D eigenvalue weighted by Crippen LogP contribution is -2.26. The van der Waals surface area contributed by atoms with E-state index < -0.39 is 0 Å². The Morgan fingerprint density at radius 1 is 1.50 bits per heavy atom. The molecule has 0 amide bonds. The van der Waals surface area contributed by atoms with Gasteiger partial charge < -0.3 is 5.11 Å². The molecule has 1 heteroatoms. The summed E-state index contributed by atoms with van der Waals surface area (Å²) in [6.45, 7) is 6.49. The molecule has 0 bridgehead atoms. The van der Waals surface area contributed by atoms with Crippen LogP contribution in [0.15, 0.2) is 12.2 Å². The quantitative estimate of drug-likeness (QED) is 0.510. The molecular formula is C9H16O. The van der Waals surface area contributed by atoms with Gasteiger partial charge in [-0.25, -0.2) is 0 Å².